The molecular weight excluding hydrogens is 834 g/mol. The summed E-state index contributed by atoms with van der Waals surface area (Å²) in [6, 6.07) is 36.9. The molecule has 2 bridgehead atoms. The van der Waals surface area contributed by atoms with Gasteiger partial charge in [-0.25, -0.2) is 19.6 Å². The molecule has 6 aromatic rings. The van der Waals surface area contributed by atoms with Crippen LogP contribution in [0.4, 0.5) is 5.82 Å². The van der Waals surface area contributed by atoms with Crippen molar-refractivity contribution >= 4 is 31.4 Å². The largest absolute Gasteiger partial charge is 0.497 e. The van der Waals surface area contributed by atoms with Gasteiger partial charge in [0.05, 0.1) is 52.9 Å². The first kappa shape index (κ1) is 44.8. The first-order valence-corrected chi connectivity index (χ1v) is 22.3. The highest BCUT2D eigenvalue weighted by Gasteiger charge is 2.65. The molecule has 2 fully saturated rings. The standard InChI is InChI=1S/C48H52N7O8P/c1-32(2)55(33(3)4)64(61-27-13-26-49)63-42-41-46(54-31-52-40-43(50-30-51-44(40)54)53-45(56)34-14-9-7-10-15-34)62-47(42,28-59-41)29-60-48(35-16-11-8-12-17-35,36-18-22-38(57-5)23-19-36)37-20-24-39(58-6)25-21-37/h7-12,14-25,30-33,41-42,46H,13,27-29H2,1-6H3,(H,50,51,53,56)/t41-,42+,46-,47+,64?/m1/s1. The van der Waals surface area contributed by atoms with E-state index in [9.17, 15) is 10.1 Å². The van der Waals surface area contributed by atoms with Crippen LogP contribution in [0.25, 0.3) is 11.2 Å². The van der Waals surface area contributed by atoms with Gasteiger partial charge in [-0.15, -0.1) is 0 Å². The summed E-state index contributed by atoms with van der Waals surface area (Å²) >= 11 is 0. The van der Waals surface area contributed by atoms with E-state index in [4.69, 9.17) is 37.7 Å². The van der Waals surface area contributed by atoms with Crippen molar-refractivity contribution < 1.29 is 37.5 Å². The molecule has 332 valence electrons. The van der Waals surface area contributed by atoms with Crippen molar-refractivity contribution in [3.8, 4) is 17.6 Å². The number of anilines is 1. The maximum Gasteiger partial charge on any atom is 0.259 e. The molecule has 2 saturated heterocycles. The molecule has 2 aliphatic heterocycles. The van der Waals surface area contributed by atoms with Crippen molar-refractivity contribution in [1.29, 1.82) is 5.26 Å². The topological polar surface area (TPSA) is 164 Å². The molecule has 2 aliphatic rings. The highest BCUT2D eigenvalue weighted by Crippen LogP contribution is 2.56. The highest BCUT2D eigenvalue weighted by molar-refractivity contribution is 7.44. The molecule has 0 saturated carbocycles. The van der Waals surface area contributed by atoms with E-state index in [2.05, 4.69) is 53.7 Å². The summed E-state index contributed by atoms with van der Waals surface area (Å²) in [5, 5.41) is 12.4. The van der Waals surface area contributed by atoms with Crippen molar-refractivity contribution in [3.63, 3.8) is 0 Å². The van der Waals surface area contributed by atoms with Gasteiger partial charge in [-0.1, -0.05) is 72.8 Å². The van der Waals surface area contributed by atoms with Crippen LogP contribution in [0.2, 0.25) is 0 Å². The Kier molecular flexibility index (Phi) is 13.6. The van der Waals surface area contributed by atoms with Crippen LogP contribution >= 0.6 is 8.53 Å². The Hall–Kier alpha value is -5.82. The summed E-state index contributed by atoms with van der Waals surface area (Å²) in [5.41, 5.74) is 1.42. The predicted molar refractivity (Wildman–Crippen MR) is 241 cm³/mol. The lowest BCUT2D eigenvalue weighted by Crippen LogP contribution is -2.49. The third-order valence-electron chi connectivity index (χ3n) is 11.4. The Labute approximate surface area is 374 Å². The van der Waals surface area contributed by atoms with Gasteiger partial charge in [0, 0.05) is 17.6 Å². The monoisotopic (exact) mass is 885 g/mol. The van der Waals surface area contributed by atoms with E-state index >= 15 is 0 Å². The Balaban J connectivity index is 1.23. The van der Waals surface area contributed by atoms with E-state index in [0.717, 1.165) is 16.7 Å². The zero-order valence-electron chi connectivity index (χ0n) is 36.7. The molecule has 0 spiro atoms. The maximum absolute atomic E-state index is 13.3. The number of benzene rings is 4. The second-order valence-corrected chi connectivity index (χ2v) is 17.5. The smallest absolute Gasteiger partial charge is 0.259 e. The van der Waals surface area contributed by atoms with Gasteiger partial charge < -0.3 is 38.0 Å². The molecule has 0 aliphatic carbocycles. The molecule has 1 amide bonds. The fraction of sp³-hybridized carbons (Fsp3) is 0.354. The minimum atomic E-state index is -1.76. The van der Waals surface area contributed by atoms with Gasteiger partial charge >= 0.3 is 0 Å². The fourth-order valence-electron chi connectivity index (χ4n) is 8.47. The SMILES string of the molecule is COc1ccc(C(OC[C@]23CO[C@@H]([C@H](n4cnc5c(NC(=O)c6ccccc6)ncnc54)O2)[C@@H]3OP(OCCC#N)N(C(C)C)C(C)C)(c2ccccc2)c2ccc(OC)cc2)cc1. The zero-order valence-corrected chi connectivity index (χ0v) is 37.6. The molecule has 0 radical (unpaired) electrons. The van der Waals surface area contributed by atoms with Crippen LogP contribution < -0.4 is 14.8 Å². The first-order chi connectivity index (χ1) is 31.1. The summed E-state index contributed by atoms with van der Waals surface area (Å²) in [7, 11) is 1.52. The van der Waals surface area contributed by atoms with Crippen LogP contribution in [-0.2, 0) is 28.9 Å². The number of nitriles is 1. The maximum atomic E-state index is 13.3. The van der Waals surface area contributed by atoms with E-state index in [0.29, 0.717) is 28.2 Å². The summed E-state index contributed by atoms with van der Waals surface area (Å²) < 4.78 is 50.3. The van der Waals surface area contributed by atoms with E-state index < -0.39 is 38.2 Å². The second kappa shape index (κ2) is 19.5. The van der Waals surface area contributed by atoms with Gasteiger partial charge in [-0.3, -0.25) is 9.36 Å². The van der Waals surface area contributed by atoms with Gasteiger partial charge in [0.1, 0.15) is 41.2 Å². The number of amides is 1. The highest BCUT2D eigenvalue weighted by atomic mass is 31.2. The number of nitrogens with zero attached hydrogens (tertiary/aromatic N) is 6. The molecule has 64 heavy (non-hydrogen) atoms. The summed E-state index contributed by atoms with van der Waals surface area (Å²) in [5.74, 6) is 1.31. The molecule has 15 nitrogen and oxygen atoms in total. The summed E-state index contributed by atoms with van der Waals surface area (Å²) in [4.78, 5) is 27.0. The number of aromatic nitrogens is 4. The van der Waals surface area contributed by atoms with Crippen LogP contribution in [-0.4, -0.2) is 94.0 Å². The number of ether oxygens (including phenoxy) is 5. The van der Waals surface area contributed by atoms with E-state index in [1.807, 2.05) is 84.9 Å². The summed E-state index contributed by atoms with van der Waals surface area (Å²) in [6.07, 6.45) is 0.930. The number of methoxy groups -OCH3 is 2. The quantitative estimate of drug-likeness (QED) is 0.0469. The third kappa shape index (κ3) is 8.71. The van der Waals surface area contributed by atoms with E-state index in [1.165, 1.54) is 6.33 Å². The number of fused-ring (bicyclic) bond motifs is 3. The molecule has 8 rings (SSSR count). The predicted octanol–water partition coefficient (Wildman–Crippen LogP) is 8.43. The van der Waals surface area contributed by atoms with Crippen LogP contribution in [0.15, 0.2) is 122 Å². The van der Waals surface area contributed by atoms with Crippen molar-refractivity contribution in [3.05, 3.63) is 144 Å². The molecule has 1 N–H and O–H groups in total. The molecule has 1 unspecified atom stereocenters. The number of carbonyl (C=O) groups is 1. The normalized spacial score (nSPS) is 19.9. The average molecular weight is 886 g/mol. The van der Waals surface area contributed by atoms with Crippen LogP contribution in [0.1, 0.15) is 67.4 Å². The molecule has 4 aromatic carbocycles. The third-order valence-corrected chi connectivity index (χ3v) is 13.6. The van der Waals surface area contributed by atoms with E-state index in [-0.39, 0.29) is 50.1 Å². The number of carbonyl (C=O) groups excluding carboxylic acids is 1. The number of nitrogens with one attached hydrogen (secondary N) is 1. The molecule has 4 heterocycles. The van der Waals surface area contributed by atoms with Gasteiger partial charge in [-0.2, -0.15) is 5.26 Å². The van der Waals surface area contributed by atoms with Crippen LogP contribution in [0.3, 0.4) is 0 Å². The van der Waals surface area contributed by atoms with Gasteiger partial charge in [0.2, 0.25) is 0 Å². The van der Waals surface area contributed by atoms with Crippen molar-refractivity contribution in [2.75, 3.05) is 39.4 Å². The zero-order chi connectivity index (χ0) is 44.8. The molecule has 16 heteroatoms. The Morgan fingerprint density at radius 3 is 2.09 bits per heavy atom. The lowest BCUT2D eigenvalue weighted by atomic mass is 9.79. The van der Waals surface area contributed by atoms with Crippen molar-refractivity contribution in [2.45, 2.75) is 75.8 Å². The fourth-order valence-corrected chi connectivity index (χ4v) is 10.3. The first-order valence-electron chi connectivity index (χ1n) is 21.2. The number of hydrogen-bond donors (Lipinski definition) is 1. The Bertz CT molecular complexity index is 2480. The molecular formula is C48H52N7O8P. The second-order valence-electron chi connectivity index (χ2n) is 16.1. The average Bonchev–Trinajstić information content (AvgIpc) is 4.00. The molecule has 2 aromatic heterocycles. The Morgan fingerprint density at radius 2 is 1.50 bits per heavy atom. The van der Waals surface area contributed by atoms with Gasteiger partial charge in [0.25, 0.3) is 14.4 Å². The van der Waals surface area contributed by atoms with Gasteiger partial charge in [0.15, 0.2) is 23.2 Å². The minimum Gasteiger partial charge on any atom is -0.497 e. The summed E-state index contributed by atoms with van der Waals surface area (Å²) in [6.45, 7) is 8.65. The molecule has 5 atom stereocenters. The van der Waals surface area contributed by atoms with Crippen molar-refractivity contribution in [1.82, 2.24) is 24.2 Å². The van der Waals surface area contributed by atoms with Crippen LogP contribution in [0.5, 0.6) is 11.5 Å². The number of imidazole rings is 1. The lowest BCUT2D eigenvalue weighted by Gasteiger charge is -2.41. The van der Waals surface area contributed by atoms with Gasteiger partial charge in [-0.05, 0) is 80.8 Å². The van der Waals surface area contributed by atoms with E-state index in [1.54, 1.807) is 49.4 Å². The van der Waals surface area contributed by atoms with Crippen LogP contribution in [0, 0.1) is 11.3 Å². The minimum absolute atomic E-state index is 0.0116. The Morgan fingerprint density at radius 1 is 0.891 bits per heavy atom. The lowest BCUT2D eigenvalue weighted by molar-refractivity contribution is -0.202. The van der Waals surface area contributed by atoms with Crippen molar-refractivity contribution in [2.24, 2.45) is 0 Å². The number of hydrogen-bond acceptors (Lipinski definition) is 13. The number of rotatable bonds is 19.